The molecule has 6 nitrogen and oxygen atoms in total. The lowest BCUT2D eigenvalue weighted by Gasteiger charge is -2.40. The molecule has 0 aromatic heterocycles. The Morgan fingerprint density at radius 1 is 1.00 bits per heavy atom. The minimum atomic E-state index is -0.664. The van der Waals surface area contributed by atoms with Crippen molar-refractivity contribution < 1.29 is 9.90 Å². The van der Waals surface area contributed by atoms with Crippen molar-refractivity contribution in [3.63, 3.8) is 0 Å². The average molecular weight is 493 g/mol. The maximum atomic E-state index is 11.2. The number of hydrogen-bond acceptors (Lipinski definition) is 5. The van der Waals surface area contributed by atoms with Gasteiger partial charge in [0.25, 0.3) is 0 Å². The van der Waals surface area contributed by atoms with Crippen LogP contribution in [0.5, 0.6) is 0 Å². The third-order valence-electron chi connectivity index (χ3n) is 8.42. The van der Waals surface area contributed by atoms with Gasteiger partial charge in [0.2, 0.25) is 0 Å². The highest BCUT2D eigenvalue weighted by molar-refractivity contribution is 6.32. The molecular weight excluding hydrogens is 460 g/mol. The number of halogens is 1. The molecule has 0 bridgehead atoms. The second-order valence-corrected chi connectivity index (χ2v) is 11.0. The van der Waals surface area contributed by atoms with E-state index in [9.17, 15) is 15.2 Å². The fraction of sp³-hybridized carbons (Fsp3) is 0.500. The zero-order valence-electron chi connectivity index (χ0n) is 20.3. The number of nitriles is 1. The molecule has 2 aromatic rings. The molecular formula is C28H33ClN4O2. The Bertz CT molecular complexity index is 1110. The Morgan fingerprint density at radius 3 is 2.11 bits per heavy atom. The molecule has 5 rings (SSSR count). The molecule has 35 heavy (non-hydrogen) atoms. The molecule has 0 amide bonds. The second kappa shape index (κ2) is 9.62. The quantitative estimate of drug-likeness (QED) is 0.616. The van der Waals surface area contributed by atoms with Gasteiger partial charge in [-0.05, 0) is 86.9 Å². The average Bonchev–Trinajstić information content (AvgIpc) is 3.20. The van der Waals surface area contributed by atoms with Crippen LogP contribution < -0.4 is 14.7 Å². The van der Waals surface area contributed by atoms with Crippen molar-refractivity contribution in [1.29, 1.82) is 5.26 Å². The van der Waals surface area contributed by atoms with Crippen LogP contribution in [-0.2, 0) is 4.79 Å². The van der Waals surface area contributed by atoms with Crippen LogP contribution in [0.2, 0.25) is 5.02 Å². The topological polar surface area (TPSA) is 70.8 Å². The predicted octanol–water partition coefficient (Wildman–Crippen LogP) is 5.40. The van der Waals surface area contributed by atoms with E-state index in [1.165, 1.54) is 30.6 Å². The SMILES string of the molecule is C[C@H]1CC2(CCN(c3ccc(N4CCC(C(=O)O)CC4)cc3)CC2)CN1c1ccc(C#N)c(Cl)c1. The van der Waals surface area contributed by atoms with E-state index in [0.29, 0.717) is 22.0 Å². The van der Waals surface area contributed by atoms with Crippen molar-refractivity contribution in [2.75, 3.05) is 47.4 Å². The highest BCUT2D eigenvalue weighted by atomic mass is 35.5. The molecule has 0 unspecified atom stereocenters. The summed E-state index contributed by atoms with van der Waals surface area (Å²) < 4.78 is 0. The molecule has 1 N–H and O–H groups in total. The minimum absolute atomic E-state index is 0.200. The smallest absolute Gasteiger partial charge is 0.306 e. The minimum Gasteiger partial charge on any atom is -0.481 e. The number of carboxylic acid groups (broad SMARTS) is 1. The van der Waals surface area contributed by atoms with Gasteiger partial charge in [-0.1, -0.05) is 11.6 Å². The molecule has 2 aromatic carbocycles. The van der Waals surface area contributed by atoms with Gasteiger partial charge in [-0.3, -0.25) is 4.79 Å². The molecule has 0 radical (unpaired) electrons. The lowest BCUT2D eigenvalue weighted by Crippen LogP contribution is -2.41. The fourth-order valence-corrected chi connectivity index (χ4v) is 6.52. The molecule has 0 saturated carbocycles. The summed E-state index contributed by atoms with van der Waals surface area (Å²) in [7, 11) is 0. The van der Waals surface area contributed by atoms with Crippen LogP contribution in [0.4, 0.5) is 17.1 Å². The second-order valence-electron chi connectivity index (χ2n) is 10.6. The Hall–Kier alpha value is -2.91. The highest BCUT2D eigenvalue weighted by Crippen LogP contribution is 2.46. The normalized spacial score (nSPS) is 22.4. The molecule has 3 saturated heterocycles. The van der Waals surface area contributed by atoms with E-state index in [2.05, 4.69) is 52.0 Å². The summed E-state index contributed by atoms with van der Waals surface area (Å²) in [6.45, 7) is 7.06. The number of anilines is 3. The number of carbonyl (C=O) groups is 1. The van der Waals surface area contributed by atoms with Crippen molar-refractivity contribution in [3.8, 4) is 6.07 Å². The third kappa shape index (κ3) is 4.79. The number of carboxylic acids is 1. The number of rotatable bonds is 4. The van der Waals surface area contributed by atoms with Gasteiger partial charge in [0.1, 0.15) is 6.07 Å². The molecule has 3 fully saturated rings. The van der Waals surface area contributed by atoms with E-state index in [1.807, 2.05) is 18.2 Å². The first-order chi connectivity index (χ1) is 16.9. The number of aliphatic carboxylic acids is 1. The third-order valence-corrected chi connectivity index (χ3v) is 8.73. The van der Waals surface area contributed by atoms with Crippen molar-refractivity contribution in [2.45, 2.75) is 45.1 Å². The summed E-state index contributed by atoms with van der Waals surface area (Å²) in [5.41, 5.74) is 4.42. The predicted molar refractivity (Wildman–Crippen MR) is 140 cm³/mol. The molecule has 1 spiro atoms. The number of nitrogens with zero attached hydrogens (tertiary/aromatic N) is 4. The van der Waals surface area contributed by atoms with Crippen LogP contribution >= 0.6 is 11.6 Å². The number of piperidine rings is 2. The van der Waals surface area contributed by atoms with Gasteiger partial charge in [0.05, 0.1) is 16.5 Å². The summed E-state index contributed by atoms with van der Waals surface area (Å²) in [4.78, 5) is 18.5. The van der Waals surface area contributed by atoms with Gasteiger partial charge in [-0.25, -0.2) is 0 Å². The molecule has 184 valence electrons. The first kappa shape index (κ1) is 23.8. The van der Waals surface area contributed by atoms with E-state index in [4.69, 9.17) is 11.6 Å². The lowest BCUT2D eigenvalue weighted by molar-refractivity contribution is -0.142. The summed E-state index contributed by atoms with van der Waals surface area (Å²) >= 11 is 6.32. The zero-order chi connectivity index (χ0) is 24.6. The summed E-state index contributed by atoms with van der Waals surface area (Å²) in [5, 5.41) is 18.9. The van der Waals surface area contributed by atoms with Crippen molar-refractivity contribution >= 4 is 34.6 Å². The molecule has 7 heteroatoms. The van der Waals surface area contributed by atoms with E-state index in [-0.39, 0.29) is 5.92 Å². The molecule has 0 aliphatic carbocycles. The van der Waals surface area contributed by atoms with Crippen LogP contribution in [0, 0.1) is 22.7 Å². The standard InChI is InChI=1S/C28H33ClN4O2/c1-20-17-28(19-33(20)25-3-2-22(18-30)26(29)16-25)10-14-32(15-11-28)24-6-4-23(5-7-24)31-12-8-21(9-13-31)27(34)35/h2-7,16,20-21H,8-15,17,19H2,1H3,(H,34,35)/t20-/m0/s1. The van der Waals surface area contributed by atoms with E-state index in [1.54, 1.807) is 0 Å². The Kier molecular flexibility index (Phi) is 6.55. The fourth-order valence-electron chi connectivity index (χ4n) is 6.30. The van der Waals surface area contributed by atoms with Gasteiger partial charge in [0, 0.05) is 55.8 Å². The molecule has 3 heterocycles. The van der Waals surface area contributed by atoms with Gasteiger partial charge in [-0.2, -0.15) is 5.26 Å². The summed E-state index contributed by atoms with van der Waals surface area (Å²) in [5.74, 6) is -0.863. The van der Waals surface area contributed by atoms with Crippen molar-refractivity contribution in [1.82, 2.24) is 0 Å². The first-order valence-corrected chi connectivity index (χ1v) is 13.0. The van der Waals surface area contributed by atoms with Crippen LogP contribution in [0.3, 0.4) is 0 Å². The highest BCUT2D eigenvalue weighted by Gasteiger charge is 2.44. The van der Waals surface area contributed by atoms with Gasteiger partial charge in [0.15, 0.2) is 0 Å². The number of hydrogen-bond donors (Lipinski definition) is 1. The lowest BCUT2D eigenvalue weighted by atomic mass is 9.76. The monoisotopic (exact) mass is 492 g/mol. The van der Waals surface area contributed by atoms with Crippen molar-refractivity contribution in [3.05, 3.63) is 53.1 Å². The maximum Gasteiger partial charge on any atom is 0.306 e. The summed E-state index contributed by atoms with van der Waals surface area (Å²) in [6.07, 6.45) is 4.96. The van der Waals surface area contributed by atoms with Gasteiger partial charge in [-0.15, -0.1) is 0 Å². The molecule has 1 atom stereocenters. The Morgan fingerprint density at radius 2 is 1.57 bits per heavy atom. The molecule has 3 aliphatic heterocycles. The van der Waals surface area contributed by atoms with E-state index < -0.39 is 5.97 Å². The maximum absolute atomic E-state index is 11.2. The van der Waals surface area contributed by atoms with Crippen LogP contribution in [0.25, 0.3) is 0 Å². The van der Waals surface area contributed by atoms with Gasteiger partial charge >= 0.3 is 5.97 Å². The van der Waals surface area contributed by atoms with Crippen LogP contribution in [0.15, 0.2) is 42.5 Å². The van der Waals surface area contributed by atoms with Crippen LogP contribution in [-0.4, -0.2) is 49.8 Å². The zero-order valence-corrected chi connectivity index (χ0v) is 21.0. The van der Waals surface area contributed by atoms with E-state index in [0.717, 1.165) is 51.3 Å². The largest absolute Gasteiger partial charge is 0.481 e. The first-order valence-electron chi connectivity index (χ1n) is 12.7. The van der Waals surface area contributed by atoms with Crippen LogP contribution in [0.1, 0.15) is 44.6 Å². The number of benzene rings is 2. The Labute approximate surface area is 212 Å². The van der Waals surface area contributed by atoms with Gasteiger partial charge < -0.3 is 19.8 Å². The summed E-state index contributed by atoms with van der Waals surface area (Å²) in [6, 6.07) is 17.2. The van der Waals surface area contributed by atoms with Crippen molar-refractivity contribution in [2.24, 2.45) is 11.3 Å². The van der Waals surface area contributed by atoms with E-state index >= 15 is 0 Å². The Balaban J connectivity index is 1.19. The molecule has 3 aliphatic rings.